The van der Waals surface area contributed by atoms with E-state index in [-0.39, 0.29) is 28.9 Å². The number of hydrogen-bond donors (Lipinski definition) is 0. The molecule has 0 radical (unpaired) electrons. The second-order valence-corrected chi connectivity index (χ2v) is 4.88. The smallest absolute Gasteiger partial charge is 0.270 e. The number of non-ortho nitro benzene ring substituents is 1. The number of halogens is 1. The molecule has 21 heavy (non-hydrogen) atoms. The third-order valence-corrected chi connectivity index (χ3v) is 3.57. The first-order valence-corrected chi connectivity index (χ1v) is 6.94. The zero-order valence-electron chi connectivity index (χ0n) is 11.2. The SMILES string of the molecule is O=C(CCl)N1CCN(C(=O)c2cccc([N+](=O)[O-])c2)CC1. The predicted octanol–water partition coefficient (Wildman–Crippen LogP) is 1.12. The largest absolute Gasteiger partial charge is 0.338 e. The Morgan fingerprint density at radius 2 is 1.81 bits per heavy atom. The van der Waals surface area contributed by atoms with Gasteiger partial charge in [0.2, 0.25) is 5.91 Å². The third-order valence-electron chi connectivity index (χ3n) is 3.34. The number of carbonyl (C=O) groups excluding carboxylic acids is 2. The third kappa shape index (κ3) is 3.49. The van der Waals surface area contributed by atoms with Crippen molar-refractivity contribution in [3.8, 4) is 0 Å². The quantitative estimate of drug-likeness (QED) is 0.475. The van der Waals surface area contributed by atoms with Crippen molar-refractivity contribution < 1.29 is 14.5 Å². The standard InChI is InChI=1S/C13H14ClN3O4/c14-9-12(18)15-4-6-16(7-5-15)13(19)10-2-1-3-11(8-10)17(20)21/h1-3,8H,4-7,9H2. The molecular weight excluding hydrogens is 298 g/mol. The molecular formula is C13H14ClN3O4. The van der Waals surface area contributed by atoms with E-state index in [1.807, 2.05) is 0 Å². The first-order chi connectivity index (χ1) is 10.0. The van der Waals surface area contributed by atoms with Crippen molar-refractivity contribution in [3.05, 3.63) is 39.9 Å². The minimum absolute atomic E-state index is 0.0706. The van der Waals surface area contributed by atoms with Crippen molar-refractivity contribution in [2.45, 2.75) is 0 Å². The molecule has 1 aromatic carbocycles. The second kappa shape index (κ2) is 6.53. The van der Waals surface area contributed by atoms with Gasteiger partial charge < -0.3 is 9.80 Å². The molecule has 1 heterocycles. The van der Waals surface area contributed by atoms with Crippen molar-refractivity contribution in [3.63, 3.8) is 0 Å². The van der Waals surface area contributed by atoms with E-state index >= 15 is 0 Å². The molecule has 0 aromatic heterocycles. The Hall–Kier alpha value is -2.15. The Balaban J connectivity index is 2.03. The van der Waals surface area contributed by atoms with Crippen LogP contribution in [0.15, 0.2) is 24.3 Å². The summed E-state index contributed by atoms with van der Waals surface area (Å²) in [7, 11) is 0. The van der Waals surface area contributed by atoms with Gasteiger partial charge in [0.1, 0.15) is 5.88 Å². The molecule has 2 amide bonds. The highest BCUT2D eigenvalue weighted by atomic mass is 35.5. The van der Waals surface area contributed by atoms with Gasteiger partial charge in [-0.05, 0) is 6.07 Å². The lowest BCUT2D eigenvalue weighted by Crippen LogP contribution is -2.50. The molecule has 0 aliphatic carbocycles. The average molecular weight is 312 g/mol. The van der Waals surface area contributed by atoms with Crippen molar-refractivity contribution >= 4 is 29.1 Å². The van der Waals surface area contributed by atoms with Crippen molar-refractivity contribution in [1.29, 1.82) is 0 Å². The first kappa shape index (κ1) is 15.2. The van der Waals surface area contributed by atoms with Crippen LogP contribution < -0.4 is 0 Å². The number of carbonyl (C=O) groups is 2. The molecule has 1 fully saturated rings. The van der Waals surface area contributed by atoms with Crippen LogP contribution >= 0.6 is 11.6 Å². The molecule has 0 spiro atoms. The lowest BCUT2D eigenvalue weighted by atomic mass is 10.1. The van der Waals surface area contributed by atoms with Gasteiger partial charge in [0, 0.05) is 43.9 Å². The number of piperazine rings is 1. The van der Waals surface area contributed by atoms with Crippen LogP contribution in [-0.2, 0) is 4.79 Å². The van der Waals surface area contributed by atoms with Gasteiger partial charge >= 0.3 is 0 Å². The van der Waals surface area contributed by atoms with E-state index in [2.05, 4.69) is 0 Å². The molecule has 1 aliphatic rings. The summed E-state index contributed by atoms with van der Waals surface area (Å²) in [4.78, 5) is 37.1. The lowest BCUT2D eigenvalue weighted by molar-refractivity contribution is -0.384. The van der Waals surface area contributed by atoms with Crippen LogP contribution in [0.25, 0.3) is 0 Å². The maximum absolute atomic E-state index is 12.3. The molecule has 1 saturated heterocycles. The van der Waals surface area contributed by atoms with Gasteiger partial charge in [-0.15, -0.1) is 11.6 Å². The molecule has 0 N–H and O–H groups in total. The average Bonchev–Trinajstić information content (AvgIpc) is 2.53. The van der Waals surface area contributed by atoms with Gasteiger partial charge in [0.15, 0.2) is 0 Å². The molecule has 2 rings (SSSR count). The van der Waals surface area contributed by atoms with Gasteiger partial charge in [-0.2, -0.15) is 0 Å². The molecule has 0 unspecified atom stereocenters. The number of nitro groups is 1. The van der Waals surface area contributed by atoms with E-state index in [1.165, 1.54) is 18.2 Å². The summed E-state index contributed by atoms with van der Waals surface area (Å²) in [6, 6.07) is 5.64. The lowest BCUT2D eigenvalue weighted by Gasteiger charge is -2.34. The van der Waals surface area contributed by atoms with E-state index in [1.54, 1.807) is 15.9 Å². The molecule has 1 aliphatic heterocycles. The van der Waals surface area contributed by atoms with E-state index < -0.39 is 4.92 Å². The van der Waals surface area contributed by atoms with E-state index in [9.17, 15) is 19.7 Å². The van der Waals surface area contributed by atoms with Crippen molar-refractivity contribution in [2.75, 3.05) is 32.1 Å². The number of amides is 2. The van der Waals surface area contributed by atoms with Crippen LogP contribution in [0.4, 0.5) is 5.69 Å². The second-order valence-electron chi connectivity index (χ2n) is 4.61. The first-order valence-electron chi connectivity index (χ1n) is 6.40. The fourth-order valence-corrected chi connectivity index (χ4v) is 2.35. The summed E-state index contributed by atoms with van der Waals surface area (Å²) >= 11 is 5.49. The predicted molar refractivity (Wildman–Crippen MR) is 76.3 cm³/mol. The van der Waals surface area contributed by atoms with E-state index in [4.69, 9.17) is 11.6 Å². The van der Waals surface area contributed by atoms with Gasteiger partial charge in [-0.1, -0.05) is 6.07 Å². The molecule has 0 saturated carbocycles. The van der Waals surface area contributed by atoms with Gasteiger partial charge in [-0.25, -0.2) is 0 Å². The number of hydrogen-bond acceptors (Lipinski definition) is 4. The highest BCUT2D eigenvalue weighted by Crippen LogP contribution is 2.16. The summed E-state index contributed by atoms with van der Waals surface area (Å²) in [5.74, 6) is -0.491. The fraction of sp³-hybridized carbons (Fsp3) is 0.385. The number of rotatable bonds is 3. The normalized spacial score (nSPS) is 14.9. The van der Waals surface area contributed by atoms with Gasteiger partial charge in [0.25, 0.3) is 11.6 Å². The minimum atomic E-state index is -0.534. The Bertz CT molecular complexity index is 570. The zero-order valence-corrected chi connectivity index (χ0v) is 12.0. The number of nitrogens with zero attached hydrogens (tertiary/aromatic N) is 3. The molecule has 0 bridgehead atoms. The molecule has 7 nitrogen and oxygen atoms in total. The summed E-state index contributed by atoms with van der Waals surface area (Å²) in [6.45, 7) is 1.63. The molecule has 8 heteroatoms. The Labute approximate surface area is 126 Å². The maximum Gasteiger partial charge on any atom is 0.270 e. The van der Waals surface area contributed by atoms with Crippen LogP contribution in [0, 0.1) is 10.1 Å². The monoisotopic (exact) mass is 311 g/mol. The van der Waals surface area contributed by atoms with Gasteiger partial charge in [-0.3, -0.25) is 19.7 Å². The Morgan fingerprint density at radius 3 is 2.38 bits per heavy atom. The molecule has 112 valence electrons. The van der Waals surface area contributed by atoms with Crippen molar-refractivity contribution in [2.24, 2.45) is 0 Å². The Kier molecular flexibility index (Phi) is 4.74. The maximum atomic E-state index is 12.3. The summed E-state index contributed by atoms with van der Waals surface area (Å²) in [6.07, 6.45) is 0. The molecule has 0 atom stereocenters. The highest BCUT2D eigenvalue weighted by molar-refractivity contribution is 6.27. The van der Waals surface area contributed by atoms with Gasteiger partial charge in [0.05, 0.1) is 4.92 Å². The fourth-order valence-electron chi connectivity index (χ4n) is 2.18. The van der Waals surface area contributed by atoms with E-state index in [0.29, 0.717) is 26.2 Å². The minimum Gasteiger partial charge on any atom is -0.338 e. The van der Waals surface area contributed by atoms with E-state index in [0.717, 1.165) is 0 Å². The summed E-state index contributed by atoms with van der Waals surface area (Å²) in [5.41, 5.74) is 0.165. The van der Waals surface area contributed by atoms with Crippen molar-refractivity contribution in [1.82, 2.24) is 9.80 Å². The number of alkyl halides is 1. The van der Waals surface area contributed by atoms with Crippen LogP contribution in [0.2, 0.25) is 0 Å². The molecule has 1 aromatic rings. The van der Waals surface area contributed by atoms with Crippen LogP contribution in [0.5, 0.6) is 0 Å². The summed E-state index contributed by atoms with van der Waals surface area (Å²) < 4.78 is 0. The number of benzene rings is 1. The summed E-state index contributed by atoms with van der Waals surface area (Å²) in [5, 5.41) is 10.7. The topological polar surface area (TPSA) is 83.8 Å². The van der Waals surface area contributed by atoms with Crippen LogP contribution in [0.3, 0.4) is 0 Å². The van der Waals surface area contributed by atoms with Crippen LogP contribution in [-0.4, -0.2) is 58.6 Å². The zero-order chi connectivity index (χ0) is 15.4. The van der Waals surface area contributed by atoms with Crippen LogP contribution in [0.1, 0.15) is 10.4 Å². The highest BCUT2D eigenvalue weighted by Gasteiger charge is 2.25. The number of nitro benzene ring substituents is 1. The Morgan fingerprint density at radius 1 is 1.19 bits per heavy atom.